The summed E-state index contributed by atoms with van der Waals surface area (Å²) in [4.78, 5) is 18.4. The van der Waals surface area contributed by atoms with Gasteiger partial charge in [-0.15, -0.1) is 0 Å². The van der Waals surface area contributed by atoms with E-state index in [0.29, 0.717) is 21.4 Å². The van der Waals surface area contributed by atoms with Crippen molar-refractivity contribution in [3.05, 3.63) is 51.5 Å². The van der Waals surface area contributed by atoms with Gasteiger partial charge in [-0.25, -0.2) is 4.98 Å². The van der Waals surface area contributed by atoms with Crippen LogP contribution >= 0.6 is 23.2 Å². The van der Waals surface area contributed by atoms with Crippen molar-refractivity contribution in [1.82, 2.24) is 9.97 Å². The lowest BCUT2D eigenvalue weighted by Crippen LogP contribution is -2.05. The molecule has 1 atom stereocenters. The Morgan fingerprint density at radius 3 is 2.71 bits per heavy atom. The summed E-state index contributed by atoms with van der Waals surface area (Å²) in [7, 11) is 0. The third-order valence-electron chi connectivity index (χ3n) is 2.45. The number of aromatic amines is 1. The van der Waals surface area contributed by atoms with E-state index in [1.54, 1.807) is 24.4 Å². The zero-order valence-corrected chi connectivity index (χ0v) is 10.6. The summed E-state index contributed by atoms with van der Waals surface area (Å²) in [6.07, 6.45) is 2.49. The van der Waals surface area contributed by atoms with Crippen LogP contribution in [0, 0.1) is 6.92 Å². The SMILES string of the molecule is Cc1cnc(C(C=O)c2ccc(Cl)cc2Cl)[nH]1. The van der Waals surface area contributed by atoms with E-state index in [9.17, 15) is 4.79 Å². The molecule has 1 unspecified atom stereocenters. The Morgan fingerprint density at radius 2 is 2.18 bits per heavy atom. The third kappa shape index (κ3) is 2.51. The average Bonchev–Trinajstić information content (AvgIpc) is 2.69. The molecule has 0 saturated carbocycles. The number of hydrogen-bond donors (Lipinski definition) is 1. The van der Waals surface area contributed by atoms with E-state index in [1.807, 2.05) is 6.92 Å². The molecule has 0 saturated heterocycles. The highest BCUT2D eigenvalue weighted by atomic mass is 35.5. The Hall–Kier alpha value is -1.32. The van der Waals surface area contributed by atoms with Crippen molar-refractivity contribution in [3.8, 4) is 0 Å². The molecule has 0 aliphatic carbocycles. The lowest BCUT2D eigenvalue weighted by atomic mass is 10.00. The van der Waals surface area contributed by atoms with Crippen LogP contribution in [0.2, 0.25) is 10.0 Å². The van der Waals surface area contributed by atoms with E-state index in [1.165, 1.54) is 0 Å². The fourth-order valence-electron chi connectivity index (χ4n) is 1.63. The minimum Gasteiger partial charge on any atom is -0.345 e. The summed E-state index contributed by atoms with van der Waals surface area (Å²) in [6.45, 7) is 1.88. The van der Waals surface area contributed by atoms with Gasteiger partial charge < -0.3 is 9.78 Å². The molecule has 5 heteroatoms. The zero-order chi connectivity index (χ0) is 12.4. The molecule has 17 heavy (non-hydrogen) atoms. The molecular formula is C12H10Cl2N2O. The molecule has 88 valence electrons. The molecule has 2 aromatic rings. The van der Waals surface area contributed by atoms with Crippen LogP contribution in [0.3, 0.4) is 0 Å². The van der Waals surface area contributed by atoms with Crippen molar-refractivity contribution in [2.45, 2.75) is 12.8 Å². The summed E-state index contributed by atoms with van der Waals surface area (Å²) >= 11 is 11.9. The Balaban J connectivity index is 2.45. The molecule has 0 bridgehead atoms. The number of H-pyrrole nitrogens is 1. The molecule has 1 heterocycles. The normalized spacial score (nSPS) is 12.4. The summed E-state index contributed by atoms with van der Waals surface area (Å²) in [5, 5.41) is 1.00. The van der Waals surface area contributed by atoms with Crippen molar-refractivity contribution in [2.24, 2.45) is 0 Å². The number of nitrogens with one attached hydrogen (secondary N) is 1. The lowest BCUT2D eigenvalue weighted by Gasteiger charge is -2.10. The van der Waals surface area contributed by atoms with Crippen molar-refractivity contribution in [2.75, 3.05) is 0 Å². The Bertz CT molecular complexity index is 551. The largest absolute Gasteiger partial charge is 0.345 e. The average molecular weight is 269 g/mol. The van der Waals surface area contributed by atoms with E-state index in [4.69, 9.17) is 23.2 Å². The van der Waals surface area contributed by atoms with Gasteiger partial charge in [0, 0.05) is 21.9 Å². The molecule has 0 radical (unpaired) electrons. The second-order valence-corrected chi connectivity index (χ2v) is 4.57. The smallest absolute Gasteiger partial charge is 0.135 e. The zero-order valence-electron chi connectivity index (χ0n) is 9.08. The first-order chi connectivity index (χ1) is 8.11. The quantitative estimate of drug-likeness (QED) is 0.868. The number of benzene rings is 1. The fraction of sp³-hybridized carbons (Fsp3) is 0.167. The second-order valence-electron chi connectivity index (χ2n) is 3.73. The molecule has 3 nitrogen and oxygen atoms in total. The summed E-state index contributed by atoms with van der Waals surface area (Å²) in [6, 6.07) is 5.06. The third-order valence-corrected chi connectivity index (χ3v) is 3.01. The topological polar surface area (TPSA) is 45.8 Å². The van der Waals surface area contributed by atoms with Crippen LogP contribution in [-0.2, 0) is 4.79 Å². The minimum atomic E-state index is -0.492. The van der Waals surface area contributed by atoms with Gasteiger partial charge in [-0.3, -0.25) is 0 Å². The van der Waals surface area contributed by atoms with Crippen LogP contribution in [0.4, 0.5) is 0 Å². The number of nitrogens with zero attached hydrogens (tertiary/aromatic N) is 1. The van der Waals surface area contributed by atoms with Crippen LogP contribution in [0.15, 0.2) is 24.4 Å². The Morgan fingerprint density at radius 1 is 1.41 bits per heavy atom. The molecule has 0 amide bonds. The highest BCUT2D eigenvalue weighted by Gasteiger charge is 2.19. The number of rotatable bonds is 3. The first-order valence-electron chi connectivity index (χ1n) is 5.03. The number of aromatic nitrogens is 2. The number of carbonyl (C=O) groups excluding carboxylic acids is 1. The molecule has 0 fully saturated rings. The van der Waals surface area contributed by atoms with Crippen LogP contribution in [-0.4, -0.2) is 16.3 Å². The van der Waals surface area contributed by atoms with E-state index < -0.39 is 5.92 Å². The van der Waals surface area contributed by atoms with Gasteiger partial charge in [-0.2, -0.15) is 0 Å². The highest BCUT2D eigenvalue weighted by molar-refractivity contribution is 6.35. The van der Waals surface area contributed by atoms with Crippen molar-refractivity contribution < 1.29 is 4.79 Å². The number of aldehydes is 1. The number of imidazole rings is 1. The molecule has 0 aliphatic heterocycles. The Labute approximate surface area is 109 Å². The van der Waals surface area contributed by atoms with Gasteiger partial charge in [-0.1, -0.05) is 29.3 Å². The van der Waals surface area contributed by atoms with Crippen LogP contribution in [0.25, 0.3) is 0 Å². The Kier molecular flexibility index (Phi) is 3.50. The predicted molar refractivity (Wildman–Crippen MR) is 67.7 cm³/mol. The molecule has 1 aromatic heterocycles. The van der Waals surface area contributed by atoms with Crippen LogP contribution in [0.5, 0.6) is 0 Å². The van der Waals surface area contributed by atoms with Crippen molar-refractivity contribution in [3.63, 3.8) is 0 Å². The molecule has 0 spiro atoms. The van der Waals surface area contributed by atoms with E-state index in [2.05, 4.69) is 9.97 Å². The number of aryl methyl sites for hydroxylation is 1. The fourth-order valence-corrected chi connectivity index (χ4v) is 2.16. The van der Waals surface area contributed by atoms with Crippen molar-refractivity contribution >= 4 is 29.5 Å². The molecule has 2 rings (SSSR count). The monoisotopic (exact) mass is 268 g/mol. The summed E-state index contributed by atoms with van der Waals surface area (Å²) < 4.78 is 0. The van der Waals surface area contributed by atoms with Gasteiger partial charge in [-0.05, 0) is 24.6 Å². The summed E-state index contributed by atoms with van der Waals surface area (Å²) in [5.41, 5.74) is 1.59. The number of hydrogen-bond acceptors (Lipinski definition) is 2. The van der Waals surface area contributed by atoms with Gasteiger partial charge in [0.2, 0.25) is 0 Å². The molecule has 1 N–H and O–H groups in total. The van der Waals surface area contributed by atoms with Crippen LogP contribution < -0.4 is 0 Å². The minimum absolute atomic E-state index is 0.462. The van der Waals surface area contributed by atoms with E-state index in [-0.39, 0.29) is 0 Å². The maximum absolute atomic E-state index is 11.2. The molecule has 1 aromatic carbocycles. The predicted octanol–water partition coefficient (Wildman–Crippen LogP) is 3.36. The standard InChI is InChI=1S/C12H10Cl2N2O/c1-7-5-15-12(16-7)10(6-17)9-3-2-8(13)4-11(9)14/h2-6,10H,1H3,(H,15,16). The van der Waals surface area contributed by atoms with Crippen LogP contribution in [0.1, 0.15) is 23.0 Å². The van der Waals surface area contributed by atoms with Gasteiger partial charge in [0.25, 0.3) is 0 Å². The maximum atomic E-state index is 11.2. The van der Waals surface area contributed by atoms with Gasteiger partial charge >= 0.3 is 0 Å². The van der Waals surface area contributed by atoms with Gasteiger partial charge in [0.1, 0.15) is 12.1 Å². The number of carbonyl (C=O) groups is 1. The molecular weight excluding hydrogens is 259 g/mol. The first kappa shape index (κ1) is 12.1. The molecule has 0 aliphatic rings. The summed E-state index contributed by atoms with van der Waals surface area (Å²) in [5.74, 6) is 0.0928. The van der Waals surface area contributed by atoms with Gasteiger partial charge in [0.15, 0.2) is 0 Å². The maximum Gasteiger partial charge on any atom is 0.135 e. The second kappa shape index (κ2) is 4.90. The number of halogens is 2. The van der Waals surface area contributed by atoms with Crippen molar-refractivity contribution in [1.29, 1.82) is 0 Å². The van der Waals surface area contributed by atoms with Gasteiger partial charge in [0.05, 0.1) is 5.92 Å². The van der Waals surface area contributed by atoms with E-state index in [0.717, 1.165) is 12.0 Å². The van der Waals surface area contributed by atoms with E-state index >= 15 is 0 Å². The highest BCUT2D eigenvalue weighted by Crippen LogP contribution is 2.29. The lowest BCUT2D eigenvalue weighted by molar-refractivity contribution is -0.108. The first-order valence-corrected chi connectivity index (χ1v) is 5.79.